The molecule has 0 saturated carbocycles. The zero-order valence-corrected chi connectivity index (χ0v) is 10.3. The number of carbonyl (C=O) groups is 3. The van der Waals surface area contributed by atoms with E-state index in [1.807, 2.05) is 6.26 Å². The molecule has 1 rings (SSSR count). The zero-order chi connectivity index (χ0) is 12.1. The van der Waals surface area contributed by atoms with Gasteiger partial charge in [0, 0.05) is 6.54 Å². The number of unbranched alkanes of at least 4 members (excludes halogenated alkanes) is 1. The van der Waals surface area contributed by atoms with Crippen LogP contribution in [0, 0.1) is 5.92 Å². The van der Waals surface area contributed by atoms with Gasteiger partial charge in [0.1, 0.15) is 5.92 Å². The molecule has 0 bridgehead atoms. The molecule has 0 radical (unpaired) electrons. The minimum atomic E-state index is -0.752. The number of nitrogens with one attached hydrogen (secondary N) is 1. The standard InChI is InChI=1S/C10H16N2O3S/c1-7-8(13)11-10(15)12(9(7)14)5-3-4-6-16-2/h7H,3-6H2,1-2H3,(H,11,13,15). The Morgan fingerprint density at radius 3 is 2.62 bits per heavy atom. The summed E-state index contributed by atoms with van der Waals surface area (Å²) in [6, 6.07) is -0.586. The van der Waals surface area contributed by atoms with E-state index in [0.717, 1.165) is 23.5 Å². The maximum atomic E-state index is 11.6. The fourth-order valence-electron chi connectivity index (χ4n) is 1.46. The molecule has 6 heteroatoms. The van der Waals surface area contributed by atoms with Crippen molar-refractivity contribution in [1.82, 2.24) is 10.2 Å². The molecule has 5 nitrogen and oxygen atoms in total. The number of hydrogen-bond acceptors (Lipinski definition) is 4. The van der Waals surface area contributed by atoms with Gasteiger partial charge in [-0.25, -0.2) is 4.79 Å². The Hall–Kier alpha value is -1.04. The number of urea groups is 1. The average Bonchev–Trinajstić information content (AvgIpc) is 2.25. The van der Waals surface area contributed by atoms with E-state index in [4.69, 9.17) is 0 Å². The molecule has 1 atom stereocenters. The van der Waals surface area contributed by atoms with Gasteiger partial charge in [-0.1, -0.05) is 0 Å². The van der Waals surface area contributed by atoms with E-state index in [-0.39, 0.29) is 0 Å². The van der Waals surface area contributed by atoms with Gasteiger partial charge in [0.15, 0.2) is 0 Å². The van der Waals surface area contributed by atoms with E-state index in [1.165, 1.54) is 6.92 Å². The number of carbonyl (C=O) groups excluding carboxylic acids is 3. The van der Waals surface area contributed by atoms with Crippen molar-refractivity contribution >= 4 is 29.6 Å². The third-order valence-corrected chi connectivity index (χ3v) is 3.18. The number of barbiturate groups is 1. The van der Waals surface area contributed by atoms with Gasteiger partial charge in [-0.05, 0) is 31.8 Å². The minimum absolute atomic E-state index is 0.391. The Balaban J connectivity index is 2.48. The molecule has 90 valence electrons. The molecule has 1 aliphatic heterocycles. The molecule has 1 heterocycles. The van der Waals surface area contributed by atoms with E-state index in [1.54, 1.807) is 11.8 Å². The SMILES string of the molecule is CSCCCCN1C(=O)NC(=O)C(C)C1=O. The largest absolute Gasteiger partial charge is 0.330 e. The van der Waals surface area contributed by atoms with Gasteiger partial charge in [-0.2, -0.15) is 11.8 Å². The summed E-state index contributed by atoms with van der Waals surface area (Å²) >= 11 is 1.73. The van der Waals surface area contributed by atoms with E-state index in [0.29, 0.717) is 6.54 Å². The summed E-state index contributed by atoms with van der Waals surface area (Å²) in [5, 5.41) is 2.17. The van der Waals surface area contributed by atoms with E-state index < -0.39 is 23.8 Å². The van der Waals surface area contributed by atoms with Crippen molar-refractivity contribution in [3.63, 3.8) is 0 Å². The molecule has 1 unspecified atom stereocenters. The highest BCUT2D eigenvalue weighted by Gasteiger charge is 2.36. The van der Waals surface area contributed by atoms with Crippen LogP contribution in [0.4, 0.5) is 4.79 Å². The van der Waals surface area contributed by atoms with Crippen LogP contribution >= 0.6 is 11.8 Å². The third kappa shape index (κ3) is 2.98. The molecule has 1 N–H and O–H groups in total. The summed E-state index contributed by atoms with van der Waals surface area (Å²) in [5.41, 5.74) is 0. The predicted octanol–water partition coefficient (Wildman–Crippen LogP) is 0.844. The number of amides is 4. The first-order valence-electron chi connectivity index (χ1n) is 5.23. The normalized spacial score (nSPS) is 21.2. The van der Waals surface area contributed by atoms with E-state index in [2.05, 4.69) is 5.32 Å². The molecule has 0 aliphatic carbocycles. The number of thioether (sulfide) groups is 1. The molecule has 1 fully saturated rings. The van der Waals surface area contributed by atoms with Gasteiger partial charge in [0.2, 0.25) is 11.8 Å². The number of imide groups is 2. The summed E-state index contributed by atoms with van der Waals surface area (Å²) in [7, 11) is 0. The van der Waals surface area contributed by atoms with Crippen molar-refractivity contribution in [2.75, 3.05) is 18.6 Å². The molecule has 0 spiro atoms. The Morgan fingerprint density at radius 1 is 1.31 bits per heavy atom. The monoisotopic (exact) mass is 244 g/mol. The fourth-order valence-corrected chi connectivity index (χ4v) is 1.95. The topological polar surface area (TPSA) is 66.5 Å². The van der Waals surface area contributed by atoms with E-state index >= 15 is 0 Å². The summed E-state index contributed by atoms with van der Waals surface area (Å²) in [5.74, 6) is -0.635. The van der Waals surface area contributed by atoms with Crippen LogP contribution in [-0.4, -0.2) is 41.3 Å². The van der Waals surface area contributed by atoms with Crippen LogP contribution < -0.4 is 5.32 Å². The van der Waals surface area contributed by atoms with Gasteiger partial charge in [-0.3, -0.25) is 19.8 Å². The first kappa shape index (κ1) is 13.0. The van der Waals surface area contributed by atoms with Crippen LogP contribution in [0.15, 0.2) is 0 Å². The maximum Gasteiger partial charge on any atom is 0.330 e. The highest BCUT2D eigenvalue weighted by atomic mass is 32.2. The van der Waals surface area contributed by atoms with Crippen LogP contribution in [0.2, 0.25) is 0 Å². The van der Waals surface area contributed by atoms with Crippen LogP contribution in [0.5, 0.6) is 0 Å². The quantitative estimate of drug-likeness (QED) is 0.575. The average molecular weight is 244 g/mol. The third-order valence-electron chi connectivity index (χ3n) is 2.49. The van der Waals surface area contributed by atoms with Gasteiger partial charge >= 0.3 is 6.03 Å². The fraction of sp³-hybridized carbons (Fsp3) is 0.700. The van der Waals surface area contributed by atoms with Gasteiger partial charge in [0.25, 0.3) is 0 Å². The predicted molar refractivity (Wildman–Crippen MR) is 62.0 cm³/mol. The molecular formula is C10H16N2O3S. The highest BCUT2D eigenvalue weighted by molar-refractivity contribution is 7.98. The van der Waals surface area contributed by atoms with Gasteiger partial charge < -0.3 is 0 Å². The number of hydrogen-bond donors (Lipinski definition) is 1. The van der Waals surface area contributed by atoms with Gasteiger partial charge in [-0.15, -0.1) is 0 Å². The molecule has 0 aromatic rings. The Kier molecular flexibility index (Phi) is 4.79. The van der Waals surface area contributed by atoms with Crippen LogP contribution in [0.25, 0.3) is 0 Å². The summed E-state index contributed by atoms with van der Waals surface area (Å²) in [6.07, 6.45) is 3.75. The first-order chi connectivity index (χ1) is 7.57. The van der Waals surface area contributed by atoms with Crippen LogP contribution in [0.1, 0.15) is 19.8 Å². The molecule has 4 amide bonds. The van der Waals surface area contributed by atoms with E-state index in [9.17, 15) is 14.4 Å². The summed E-state index contributed by atoms with van der Waals surface area (Å²) in [4.78, 5) is 35.3. The van der Waals surface area contributed by atoms with Crippen LogP contribution in [-0.2, 0) is 9.59 Å². The van der Waals surface area contributed by atoms with Crippen molar-refractivity contribution in [3.8, 4) is 0 Å². The molecular weight excluding hydrogens is 228 g/mol. The first-order valence-corrected chi connectivity index (χ1v) is 6.62. The zero-order valence-electron chi connectivity index (χ0n) is 9.49. The molecule has 16 heavy (non-hydrogen) atoms. The lowest BCUT2D eigenvalue weighted by molar-refractivity contribution is -0.141. The summed E-state index contributed by atoms with van der Waals surface area (Å²) < 4.78 is 0. The Bertz CT molecular complexity index is 306. The number of nitrogens with zero attached hydrogens (tertiary/aromatic N) is 1. The van der Waals surface area contributed by atoms with Crippen molar-refractivity contribution in [1.29, 1.82) is 0 Å². The highest BCUT2D eigenvalue weighted by Crippen LogP contribution is 2.11. The molecule has 1 saturated heterocycles. The lowest BCUT2D eigenvalue weighted by atomic mass is 10.1. The van der Waals surface area contributed by atoms with Crippen molar-refractivity contribution in [3.05, 3.63) is 0 Å². The lowest BCUT2D eigenvalue weighted by Crippen LogP contribution is -2.57. The Morgan fingerprint density at radius 2 is 2.00 bits per heavy atom. The molecule has 1 aliphatic rings. The van der Waals surface area contributed by atoms with Crippen LogP contribution in [0.3, 0.4) is 0 Å². The van der Waals surface area contributed by atoms with Crippen molar-refractivity contribution < 1.29 is 14.4 Å². The maximum absolute atomic E-state index is 11.6. The second-order valence-corrected chi connectivity index (χ2v) is 4.69. The number of rotatable bonds is 5. The minimum Gasteiger partial charge on any atom is -0.277 e. The van der Waals surface area contributed by atoms with Crippen molar-refractivity contribution in [2.24, 2.45) is 5.92 Å². The lowest BCUT2D eigenvalue weighted by Gasteiger charge is -2.28. The second kappa shape index (κ2) is 5.89. The Labute approximate surface area is 98.9 Å². The summed E-state index contributed by atoms with van der Waals surface area (Å²) in [6.45, 7) is 1.90. The van der Waals surface area contributed by atoms with Gasteiger partial charge in [0.05, 0.1) is 0 Å². The molecule has 0 aromatic carbocycles. The molecule has 0 aromatic heterocycles. The second-order valence-electron chi connectivity index (χ2n) is 3.71. The van der Waals surface area contributed by atoms with Crippen molar-refractivity contribution in [2.45, 2.75) is 19.8 Å². The smallest absolute Gasteiger partial charge is 0.277 e.